The lowest BCUT2D eigenvalue weighted by atomic mass is 10.3. The Morgan fingerprint density at radius 1 is 1.12 bits per heavy atom. The molecule has 0 radical (unpaired) electrons. The van der Waals surface area contributed by atoms with Gasteiger partial charge >= 0.3 is 0 Å². The highest BCUT2D eigenvalue weighted by atomic mass is 16.5. The maximum atomic E-state index is 5.70. The number of hydrogen-bond acceptors (Lipinski definition) is 5. The summed E-state index contributed by atoms with van der Waals surface area (Å²) in [4.78, 5) is 4.20. The van der Waals surface area contributed by atoms with Gasteiger partial charge in [0.05, 0.1) is 20.2 Å². The van der Waals surface area contributed by atoms with Crippen LogP contribution < -0.4 is 20.1 Å². The topological polar surface area (TPSA) is 85.1 Å². The second kappa shape index (κ2) is 8.70. The van der Waals surface area contributed by atoms with Gasteiger partial charge in [0.15, 0.2) is 17.4 Å². The number of rotatable bonds is 7. The second-order valence-corrected chi connectivity index (χ2v) is 5.43. The molecule has 0 amide bonds. The number of hydrogen-bond donors (Lipinski definition) is 2. The molecule has 0 bridgehead atoms. The lowest BCUT2D eigenvalue weighted by molar-refractivity contribution is 0.319. The van der Waals surface area contributed by atoms with Crippen LogP contribution in [-0.4, -0.2) is 47.9 Å². The third-order valence-electron chi connectivity index (χ3n) is 3.73. The maximum Gasteiger partial charge on any atom is 0.191 e. The van der Waals surface area contributed by atoms with Crippen molar-refractivity contribution >= 4 is 11.6 Å². The summed E-state index contributed by atoms with van der Waals surface area (Å²) in [6.45, 7) is 1.63. The zero-order valence-corrected chi connectivity index (χ0v) is 14.8. The fourth-order valence-electron chi connectivity index (χ4n) is 2.42. The van der Waals surface area contributed by atoms with Gasteiger partial charge in [0.1, 0.15) is 18.1 Å². The van der Waals surface area contributed by atoms with Crippen molar-refractivity contribution in [2.24, 2.45) is 4.99 Å². The molecule has 0 aliphatic rings. The van der Waals surface area contributed by atoms with Crippen molar-refractivity contribution in [2.75, 3.05) is 27.3 Å². The van der Waals surface area contributed by atoms with Gasteiger partial charge in [-0.15, -0.1) is 10.2 Å². The molecule has 2 aromatic heterocycles. The molecule has 3 aromatic rings. The molecule has 1 aromatic carbocycles. The van der Waals surface area contributed by atoms with Crippen molar-refractivity contribution < 1.29 is 9.47 Å². The molecule has 0 saturated carbocycles. The highest BCUT2D eigenvalue weighted by Gasteiger charge is 2.05. The molecule has 8 nitrogen and oxygen atoms in total. The molecule has 0 spiro atoms. The number of guanidine groups is 1. The van der Waals surface area contributed by atoms with Crippen LogP contribution >= 0.6 is 0 Å². The average Bonchev–Trinajstić information content (AvgIpc) is 3.11. The summed E-state index contributed by atoms with van der Waals surface area (Å²) < 4.78 is 12.8. The van der Waals surface area contributed by atoms with Gasteiger partial charge in [0, 0.05) is 19.3 Å². The van der Waals surface area contributed by atoms with E-state index in [1.54, 1.807) is 14.2 Å². The quantitative estimate of drug-likeness (QED) is 0.380. The van der Waals surface area contributed by atoms with Crippen LogP contribution in [-0.2, 0) is 6.54 Å². The minimum atomic E-state index is 0.502. The van der Waals surface area contributed by atoms with E-state index in [1.165, 1.54) is 0 Å². The Kier molecular flexibility index (Phi) is 5.87. The van der Waals surface area contributed by atoms with Crippen LogP contribution in [0.1, 0.15) is 5.82 Å². The highest BCUT2D eigenvalue weighted by molar-refractivity contribution is 5.79. The summed E-state index contributed by atoms with van der Waals surface area (Å²) in [5.41, 5.74) is 0.818. The number of fused-ring (bicyclic) bond motifs is 1. The first-order chi connectivity index (χ1) is 12.8. The summed E-state index contributed by atoms with van der Waals surface area (Å²) in [5.74, 6) is 3.03. The number of nitrogens with zero attached hydrogens (tertiary/aromatic N) is 4. The van der Waals surface area contributed by atoms with Crippen LogP contribution in [0.5, 0.6) is 11.5 Å². The molecule has 2 N–H and O–H groups in total. The summed E-state index contributed by atoms with van der Waals surface area (Å²) in [7, 11) is 3.36. The van der Waals surface area contributed by atoms with Crippen LogP contribution in [0.25, 0.3) is 5.65 Å². The second-order valence-electron chi connectivity index (χ2n) is 5.43. The van der Waals surface area contributed by atoms with Gasteiger partial charge in [-0.05, 0) is 24.3 Å². The number of methoxy groups -OCH3 is 1. The van der Waals surface area contributed by atoms with E-state index in [2.05, 4.69) is 25.8 Å². The molecule has 0 fully saturated rings. The third-order valence-corrected chi connectivity index (χ3v) is 3.73. The van der Waals surface area contributed by atoms with Gasteiger partial charge < -0.3 is 20.1 Å². The number of aliphatic imine (C=N–C) groups is 1. The number of ether oxygens (including phenoxy) is 2. The fourth-order valence-corrected chi connectivity index (χ4v) is 2.42. The standard InChI is InChI=1S/C18H22N6O2/c1-19-18(20-9-11-26-15-7-5-6-14(12-15)25-2)21-13-17-23-22-16-8-3-4-10-24(16)17/h3-8,10,12H,9,11,13H2,1-2H3,(H2,19,20,21). The van der Waals surface area contributed by atoms with E-state index in [0.717, 1.165) is 23.0 Å². The minimum absolute atomic E-state index is 0.502. The van der Waals surface area contributed by atoms with Crippen LogP contribution in [0.2, 0.25) is 0 Å². The molecule has 8 heteroatoms. The Morgan fingerprint density at radius 3 is 2.85 bits per heavy atom. The maximum absolute atomic E-state index is 5.70. The Hall–Kier alpha value is -3.29. The molecule has 136 valence electrons. The molecule has 0 atom stereocenters. The molecule has 26 heavy (non-hydrogen) atoms. The van der Waals surface area contributed by atoms with Crippen LogP contribution in [0.4, 0.5) is 0 Å². The van der Waals surface area contributed by atoms with E-state index in [-0.39, 0.29) is 0 Å². The monoisotopic (exact) mass is 354 g/mol. The lowest BCUT2D eigenvalue weighted by Gasteiger charge is -2.12. The highest BCUT2D eigenvalue weighted by Crippen LogP contribution is 2.18. The van der Waals surface area contributed by atoms with E-state index < -0.39 is 0 Å². The molecular formula is C18H22N6O2. The largest absolute Gasteiger partial charge is 0.497 e. The van der Waals surface area contributed by atoms with Crippen LogP contribution in [0.15, 0.2) is 53.7 Å². The zero-order chi connectivity index (χ0) is 18.2. The van der Waals surface area contributed by atoms with E-state index in [4.69, 9.17) is 9.47 Å². The molecule has 0 aliphatic heterocycles. The molecule has 0 unspecified atom stereocenters. The summed E-state index contributed by atoms with van der Waals surface area (Å²) in [6.07, 6.45) is 1.94. The molecule has 0 aliphatic carbocycles. The van der Waals surface area contributed by atoms with E-state index in [1.807, 2.05) is 53.1 Å². The number of benzene rings is 1. The van der Waals surface area contributed by atoms with Crippen molar-refractivity contribution in [3.05, 3.63) is 54.5 Å². The van der Waals surface area contributed by atoms with Gasteiger partial charge in [-0.1, -0.05) is 12.1 Å². The van der Waals surface area contributed by atoms with Crippen molar-refractivity contribution in [3.8, 4) is 11.5 Å². The lowest BCUT2D eigenvalue weighted by Crippen LogP contribution is -2.39. The van der Waals surface area contributed by atoms with Crippen molar-refractivity contribution in [1.82, 2.24) is 25.2 Å². The summed E-state index contributed by atoms with van der Waals surface area (Å²) >= 11 is 0. The van der Waals surface area contributed by atoms with Crippen molar-refractivity contribution in [3.63, 3.8) is 0 Å². The first kappa shape index (κ1) is 17.5. The fraction of sp³-hybridized carbons (Fsp3) is 0.278. The Morgan fingerprint density at radius 2 is 2.00 bits per heavy atom. The van der Waals surface area contributed by atoms with Crippen LogP contribution in [0.3, 0.4) is 0 Å². The average molecular weight is 354 g/mol. The van der Waals surface area contributed by atoms with Crippen molar-refractivity contribution in [2.45, 2.75) is 6.54 Å². The predicted octanol–water partition coefficient (Wildman–Crippen LogP) is 1.48. The zero-order valence-electron chi connectivity index (χ0n) is 14.8. The van der Waals surface area contributed by atoms with Crippen LogP contribution in [0, 0.1) is 0 Å². The van der Waals surface area contributed by atoms with Gasteiger partial charge in [-0.3, -0.25) is 9.39 Å². The molecule has 0 saturated heterocycles. The normalized spacial score (nSPS) is 11.4. The van der Waals surface area contributed by atoms with Gasteiger partial charge in [-0.2, -0.15) is 0 Å². The SMILES string of the molecule is CN=C(NCCOc1cccc(OC)c1)NCc1nnc2ccccn12. The molecule has 2 heterocycles. The Labute approximate surface area is 151 Å². The summed E-state index contributed by atoms with van der Waals surface area (Å²) in [6, 6.07) is 13.3. The molecular weight excluding hydrogens is 332 g/mol. The van der Waals surface area contributed by atoms with E-state index in [9.17, 15) is 0 Å². The minimum Gasteiger partial charge on any atom is -0.497 e. The van der Waals surface area contributed by atoms with Crippen molar-refractivity contribution in [1.29, 1.82) is 0 Å². The predicted molar refractivity (Wildman–Crippen MR) is 99.7 cm³/mol. The first-order valence-electron chi connectivity index (χ1n) is 8.30. The third kappa shape index (κ3) is 4.41. The first-order valence-corrected chi connectivity index (χ1v) is 8.30. The molecule has 3 rings (SSSR count). The Bertz CT molecular complexity index is 877. The van der Waals surface area contributed by atoms with Gasteiger partial charge in [-0.25, -0.2) is 0 Å². The smallest absolute Gasteiger partial charge is 0.191 e. The number of aromatic nitrogens is 3. The number of nitrogens with one attached hydrogen (secondary N) is 2. The van der Waals surface area contributed by atoms with E-state index in [0.29, 0.717) is 25.7 Å². The van der Waals surface area contributed by atoms with Gasteiger partial charge in [0.25, 0.3) is 0 Å². The number of pyridine rings is 1. The summed E-state index contributed by atoms with van der Waals surface area (Å²) in [5, 5.41) is 14.7. The Balaban J connectivity index is 1.44. The van der Waals surface area contributed by atoms with E-state index >= 15 is 0 Å². The van der Waals surface area contributed by atoms with Gasteiger partial charge in [0.2, 0.25) is 0 Å².